The lowest BCUT2D eigenvalue weighted by Gasteiger charge is -2.05. The van der Waals surface area contributed by atoms with Gasteiger partial charge in [0.1, 0.15) is 0 Å². The molecule has 94 valence electrons. The zero-order valence-corrected chi connectivity index (χ0v) is 11.0. The Morgan fingerprint density at radius 1 is 1.44 bits per heavy atom. The molecule has 18 heavy (non-hydrogen) atoms. The van der Waals surface area contributed by atoms with E-state index < -0.39 is 0 Å². The predicted octanol–water partition coefficient (Wildman–Crippen LogP) is 1.39. The number of rotatable bonds is 4. The van der Waals surface area contributed by atoms with Crippen LogP contribution in [-0.2, 0) is 6.42 Å². The number of nitrogens with two attached hydrogens (primary N) is 1. The number of benzene rings is 1. The van der Waals surface area contributed by atoms with Gasteiger partial charge in [0.25, 0.3) is 5.91 Å². The highest BCUT2D eigenvalue weighted by molar-refractivity contribution is 9.10. The van der Waals surface area contributed by atoms with Crippen LogP contribution in [0.4, 0.5) is 5.69 Å². The van der Waals surface area contributed by atoms with Crippen LogP contribution in [0.15, 0.2) is 33.6 Å². The van der Waals surface area contributed by atoms with Crippen molar-refractivity contribution in [3.63, 3.8) is 0 Å². The van der Waals surface area contributed by atoms with Gasteiger partial charge in [-0.1, -0.05) is 21.1 Å². The molecular weight excluding hydrogens is 300 g/mol. The molecule has 0 saturated heterocycles. The first-order valence-corrected chi connectivity index (χ1v) is 6.04. The van der Waals surface area contributed by atoms with Crippen molar-refractivity contribution in [3.8, 4) is 0 Å². The number of amides is 1. The third-order valence-electron chi connectivity index (χ3n) is 2.22. The van der Waals surface area contributed by atoms with Crippen LogP contribution in [0.25, 0.3) is 0 Å². The summed E-state index contributed by atoms with van der Waals surface area (Å²) in [6.45, 7) is 0.435. The third kappa shape index (κ3) is 3.30. The molecule has 6 nitrogen and oxygen atoms in total. The first-order valence-electron chi connectivity index (χ1n) is 5.24. The Morgan fingerprint density at radius 3 is 2.94 bits per heavy atom. The van der Waals surface area contributed by atoms with E-state index in [1.54, 1.807) is 18.2 Å². The molecule has 0 aliphatic carbocycles. The zero-order chi connectivity index (χ0) is 13.0. The number of hydrogen-bond acceptors (Lipinski definition) is 5. The second kappa shape index (κ2) is 5.63. The second-order valence-electron chi connectivity index (χ2n) is 3.63. The number of nitrogens with one attached hydrogen (secondary N) is 1. The van der Waals surface area contributed by atoms with Gasteiger partial charge in [-0.15, -0.1) is 0 Å². The Hall–Kier alpha value is -1.89. The van der Waals surface area contributed by atoms with Crippen LogP contribution in [-0.4, -0.2) is 22.6 Å². The van der Waals surface area contributed by atoms with Gasteiger partial charge in [0.2, 0.25) is 6.39 Å². The quantitative estimate of drug-likeness (QED) is 0.832. The maximum Gasteiger partial charge on any atom is 0.251 e. The summed E-state index contributed by atoms with van der Waals surface area (Å²) in [5.41, 5.74) is 6.70. The fourth-order valence-electron chi connectivity index (χ4n) is 1.44. The van der Waals surface area contributed by atoms with Gasteiger partial charge in [-0.25, -0.2) is 0 Å². The van der Waals surface area contributed by atoms with Crippen molar-refractivity contribution in [3.05, 3.63) is 40.5 Å². The Bertz CT molecular complexity index is 522. The molecule has 0 aliphatic rings. The standard InChI is InChI=1S/C11H11BrN4O2/c12-8-3-7(4-9(13)5-8)11(17)14-2-1-10-15-6-18-16-10/h3-6H,1-2,13H2,(H,14,17). The van der Waals surface area contributed by atoms with Gasteiger partial charge >= 0.3 is 0 Å². The van der Waals surface area contributed by atoms with Gasteiger partial charge in [-0.2, -0.15) is 4.98 Å². The number of nitrogen functional groups attached to an aromatic ring is 1. The average Bonchev–Trinajstić information content (AvgIpc) is 2.80. The summed E-state index contributed by atoms with van der Waals surface area (Å²) >= 11 is 3.29. The Balaban J connectivity index is 1.91. The summed E-state index contributed by atoms with van der Waals surface area (Å²) in [6, 6.07) is 5.06. The first-order chi connectivity index (χ1) is 8.65. The van der Waals surface area contributed by atoms with Gasteiger partial charge < -0.3 is 15.6 Å². The van der Waals surface area contributed by atoms with E-state index in [0.717, 1.165) is 4.47 Å². The highest BCUT2D eigenvalue weighted by Gasteiger charge is 2.07. The predicted molar refractivity (Wildman–Crippen MR) is 68.9 cm³/mol. The summed E-state index contributed by atoms with van der Waals surface area (Å²) in [6.07, 6.45) is 1.78. The SMILES string of the molecule is Nc1cc(Br)cc(C(=O)NCCc2ncon2)c1. The Kier molecular flexibility index (Phi) is 3.93. The lowest BCUT2D eigenvalue weighted by atomic mass is 10.2. The molecule has 3 N–H and O–H groups in total. The fraction of sp³-hybridized carbons (Fsp3) is 0.182. The van der Waals surface area contributed by atoms with E-state index in [4.69, 9.17) is 5.73 Å². The molecular formula is C11H11BrN4O2. The number of carbonyl (C=O) groups is 1. The molecule has 1 heterocycles. The van der Waals surface area contributed by atoms with Crippen molar-refractivity contribution in [2.45, 2.75) is 6.42 Å². The second-order valence-corrected chi connectivity index (χ2v) is 4.54. The molecule has 1 amide bonds. The zero-order valence-electron chi connectivity index (χ0n) is 9.39. The lowest BCUT2D eigenvalue weighted by molar-refractivity contribution is 0.0954. The smallest absolute Gasteiger partial charge is 0.251 e. The largest absolute Gasteiger partial charge is 0.399 e. The summed E-state index contributed by atoms with van der Waals surface area (Å²) in [4.78, 5) is 15.7. The highest BCUT2D eigenvalue weighted by atomic mass is 79.9. The summed E-state index contributed by atoms with van der Waals surface area (Å²) in [5, 5.41) is 6.40. The molecule has 7 heteroatoms. The Morgan fingerprint density at radius 2 is 2.28 bits per heavy atom. The number of nitrogens with zero attached hydrogens (tertiary/aromatic N) is 2. The van der Waals surface area contributed by atoms with E-state index in [-0.39, 0.29) is 5.91 Å². The van der Waals surface area contributed by atoms with Crippen LogP contribution >= 0.6 is 15.9 Å². The van der Waals surface area contributed by atoms with Crippen LogP contribution in [0.3, 0.4) is 0 Å². The van der Waals surface area contributed by atoms with Crippen LogP contribution in [0.5, 0.6) is 0 Å². The van der Waals surface area contributed by atoms with Gasteiger partial charge in [0, 0.05) is 28.7 Å². The van der Waals surface area contributed by atoms with E-state index in [9.17, 15) is 4.79 Å². The van der Waals surface area contributed by atoms with Gasteiger partial charge in [-0.3, -0.25) is 4.79 Å². The first kappa shape index (κ1) is 12.6. The summed E-state index contributed by atoms with van der Waals surface area (Å²) in [7, 11) is 0. The van der Waals surface area contributed by atoms with Crippen molar-refractivity contribution < 1.29 is 9.32 Å². The molecule has 2 aromatic rings. The maximum atomic E-state index is 11.8. The third-order valence-corrected chi connectivity index (χ3v) is 2.68. The topological polar surface area (TPSA) is 94.0 Å². The highest BCUT2D eigenvalue weighted by Crippen LogP contribution is 2.17. The molecule has 1 aromatic heterocycles. The number of carbonyl (C=O) groups excluding carboxylic acids is 1. The van der Waals surface area contributed by atoms with Gasteiger partial charge in [0.15, 0.2) is 5.82 Å². The molecule has 0 aliphatic heterocycles. The summed E-state index contributed by atoms with van der Waals surface area (Å²) < 4.78 is 5.36. The van der Waals surface area contributed by atoms with E-state index in [0.29, 0.717) is 30.0 Å². The maximum absolute atomic E-state index is 11.8. The molecule has 0 spiro atoms. The van der Waals surface area contributed by atoms with Crippen LogP contribution in [0.2, 0.25) is 0 Å². The number of hydrogen-bond donors (Lipinski definition) is 2. The Labute approximate surface area is 112 Å². The molecule has 0 radical (unpaired) electrons. The minimum absolute atomic E-state index is 0.188. The van der Waals surface area contributed by atoms with Crippen molar-refractivity contribution in [1.82, 2.24) is 15.5 Å². The van der Waals surface area contributed by atoms with Crippen LogP contribution in [0.1, 0.15) is 16.2 Å². The minimum atomic E-state index is -0.188. The molecule has 0 unspecified atom stereocenters. The van der Waals surface area contributed by atoms with Gasteiger partial charge in [0.05, 0.1) is 0 Å². The van der Waals surface area contributed by atoms with Crippen LogP contribution < -0.4 is 11.1 Å². The van der Waals surface area contributed by atoms with Crippen molar-refractivity contribution in [2.24, 2.45) is 0 Å². The van der Waals surface area contributed by atoms with Crippen molar-refractivity contribution in [1.29, 1.82) is 0 Å². The van der Waals surface area contributed by atoms with E-state index in [1.807, 2.05) is 0 Å². The molecule has 0 bridgehead atoms. The molecule has 0 saturated carbocycles. The molecule has 0 atom stereocenters. The van der Waals surface area contributed by atoms with E-state index >= 15 is 0 Å². The monoisotopic (exact) mass is 310 g/mol. The van der Waals surface area contributed by atoms with Crippen molar-refractivity contribution >= 4 is 27.5 Å². The fourth-order valence-corrected chi connectivity index (χ4v) is 1.95. The molecule has 1 aromatic carbocycles. The lowest BCUT2D eigenvalue weighted by Crippen LogP contribution is -2.26. The summed E-state index contributed by atoms with van der Waals surface area (Å²) in [5.74, 6) is 0.371. The number of anilines is 1. The number of halogens is 1. The van der Waals surface area contributed by atoms with E-state index in [2.05, 4.69) is 35.9 Å². The average molecular weight is 311 g/mol. The normalized spacial score (nSPS) is 10.3. The number of aromatic nitrogens is 2. The van der Waals surface area contributed by atoms with Gasteiger partial charge in [-0.05, 0) is 18.2 Å². The van der Waals surface area contributed by atoms with Crippen LogP contribution in [0, 0.1) is 0 Å². The molecule has 2 rings (SSSR count). The van der Waals surface area contributed by atoms with Crippen molar-refractivity contribution in [2.75, 3.05) is 12.3 Å². The molecule has 0 fully saturated rings. The van der Waals surface area contributed by atoms with E-state index in [1.165, 1.54) is 6.39 Å². The minimum Gasteiger partial charge on any atom is -0.399 e.